The van der Waals surface area contributed by atoms with Crippen LogP contribution in [0, 0.1) is 22.7 Å². The standard InChI is InChI=1S/C56H82O18/c1-29(57)37-19-22-56(63)54(37,7)43(71-44(60)16-15-34-13-11-10-12-14-34)28-42-53(6)20-18-36(23-35(53)17-21-55(42,56)62)70-45-24-38(58)50(31(3)67-45)73-48-27-41(65-9)52(33(5)69-48)74-46-25-39(59)51(32(4)68-46)72-47-26-40(64-8)49(61)30(2)66-47/h10-17,30-33,36-43,45-52,58-59,61-63H,18-28H2,1-9H3. The molecule has 4 aliphatic heterocycles. The van der Waals surface area contributed by atoms with E-state index in [4.69, 9.17) is 52.1 Å². The first-order valence-corrected chi connectivity index (χ1v) is 27.0. The zero-order valence-electron chi connectivity index (χ0n) is 44.5. The molecule has 0 aromatic heterocycles. The van der Waals surface area contributed by atoms with E-state index in [0.29, 0.717) is 32.1 Å². The van der Waals surface area contributed by atoms with Gasteiger partial charge in [-0.3, -0.25) is 4.79 Å². The van der Waals surface area contributed by atoms with Gasteiger partial charge in [0.1, 0.15) is 47.5 Å². The van der Waals surface area contributed by atoms with Gasteiger partial charge in [-0.15, -0.1) is 0 Å². The van der Waals surface area contributed by atoms with E-state index in [0.717, 1.165) is 11.1 Å². The molecule has 4 aliphatic carbocycles. The number of esters is 1. The summed E-state index contributed by atoms with van der Waals surface area (Å²) in [4.78, 5) is 26.8. The van der Waals surface area contributed by atoms with E-state index in [1.54, 1.807) is 27.0 Å². The number of rotatable bonds is 14. The second-order valence-electron chi connectivity index (χ2n) is 23.1. The molecule has 414 valence electrons. The molecule has 3 saturated carbocycles. The van der Waals surface area contributed by atoms with Crippen LogP contribution >= 0.6 is 0 Å². The number of hydrogen-bond acceptors (Lipinski definition) is 18. The molecular weight excluding hydrogens is 961 g/mol. The molecule has 7 fully saturated rings. The Morgan fingerprint density at radius 3 is 1.84 bits per heavy atom. The van der Waals surface area contributed by atoms with E-state index in [1.165, 1.54) is 20.1 Å². The van der Waals surface area contributed by atoms with Gasteiger partial charge < -0.3 is 77.6 Å². The van der Waals surface area contributed by atoms with Crippen LogP contribution in [0.25, 0.3) is 6.08 Å². The number of carbonyl (C=O) groups excluding carboxylic acids is 2. The van der Waals surface area contributed by atoms with Crippen LogP contribution in [0.5, 0.6) is 0 Å². The minimum Gasteiger partial charge on any atom is -0.458 e. The molecule has 74 heavy (non-hydrogen) atoms. The average molecular weight is 1040 g/mol. The molecule has 18 nitrogen and oxygen atoms in total. The summed E-state index contributed by atoms with van der Waals surface area (Å²) in [5.74, 6) is -1.75. The molecule has 1 aromatic rings. The third-order valence-corrected chi connectivity index (χ3v) is 18.8. The summed E-state index contributed by atoms with van der Waals surface area (Å²) in [5.41, 5.74) is -3.13. The Kier molecular flexibility index (Phi) is 16.8. The molecule has 0 amide bonds. The molecule has 24 unspecified atom stereocenters. The van der Waals surface area contributed by atoms with Gasteiger partial charge in [-0.2, -0.15) is 0 Å². The van der Waals surface area contributed by atoms with Crippen LogP contribution in [0.15, 0.2) is 48.1 Å². The van der Waals surface area contributed by atoms with Gasteiger partial charge in [-0.05, 0) is 96.6 Å². The maximum atomic E-state index is 13.6. The predicted octanol–water partition coefficient (Wildman–Crippen LogP) is 4.81. The number of carbonyl (C=O) groups is 2. The van der Waals surface area contributed by atoms with Crippen LogP contribution in [-0.2, 0) is 61.7 Å². The van der Waals surface area contributed by atoms with Crippen molar-refractivity contribution >= 4 is 17.8 Å². The quantitative estimate of drug-likeness (QED) is 0.0955. The predicted molar refractivity (Wildman–Crippen MR) is 264 cm³/mol. The minimum absolute atomic E-state index is 0.100. The van der Waals surface area contributed by atoms with E-state index in [1.807, 2.05) is 57.2 Å². The van der Waals surface area contributed by atoms with Gasteiger partial charge in [0.15, 0.2) is 25.2 Å². The fraction of sp³-hybridized carbons (Fsp3) is 0.786. The summed E-state index contributed by atoms with van der Waals surface area (Å²) < 4.78 is 68.1. The zero-order valence-corrected chi connectivity index (χ0v) is 44.5. The van der Waals surface area contributed by atoms with Crippen molar-refractivity contribution in [2.75, 3.05) is 14.2 Å². The Balaban J connectivity index is 0.787. The van der Waals surface area contributed by atoms with Crippen LogP contribution in [0.1, 0.15) is 125 Å². The van der Waals surface area contributed by atoms with E-state index in [9.17, 15) is 35.1 Å². The molecule has 4 heterocycles. The number of hydrogen-bond donors (Lipinski definition) is 5. The highest BCUT2D eigenvalue weighted by Crippen LogP contribution is 2.70. The summed E-state index contributed by atoms with van der Waals surface area (Å²) in [6.07, 6.45) is -2.99. The second-order valence-corrected chi connectivity index (χ2v) is 23.1. The van der Waals surface area contributed by atoms with Gasteiger partial charge in [-0.1, -0.05) is 55.8 Å². The molecule has 24 atom stereocenters. The van der Waals surface area contributed by atoms with Crippen molar-refractivity contribution in [2.24, 2.45) is 22.7 Å². The van der Waals surface area contributed by atoms with Gasteiger partial charge in [0.2, 0.25) is 0 Å². The first kappa shape index (κ1) is 56.0. The average Bonchev–Trinajstić information content (AvgIpc) is 3.68. The fourth-order valence-corrected chi connectivity index (χ4v) is 14.6. The number of fused-ring (bicyclic) bond motifs is 5. The molecule has 9 rings (SSSR count). The molecule has 8 aliphatic rings. The van der Waals surface area contributed by atoms with Gasteiger partial charge in [0.25, 0.3) is 0 Å². The van der Waals surface area contributed by atoms with Gasteiger partial charge in [-0.25, -0.2) is 4.79 Å². The van der Waals surface area contributed by atoms with E-state index >= 15 is 0 Å². The number of benzene rings is 1. The second kappa shape index (κ2) is 22.2. The lowest BCUT2D eigenvalue weighted by Gasteiger charge is -2.66. The smallest absolute Gasteiger partial charge is 0.331 e. The fourth-order valence-electron chi connectivity index (χ4n) is 14.6. The number of Topliss-reactive ketones (excluding diaryl/α,β-unsaturated/α-hetero) is 1. The maximum absolute atomic E-state index is 13.6. The van der Waals surface area contributed by atoms with Gasteiger partial charge in [0, 0.05) is 63.2 Å². The largest absolute Gasteiger partial charge is 0.458 e. The lowest BCUT2D eigenvalue weighted by atomic mass is 9.43. The summed E-state index contributed by atoms with van der Waals surface area (Å²) in [7, 11) is 3.12. The Morgan fingerprint density at radius 2 is 1.24 bits per heavy atom. The van der Waals surface area contributed by atoms with Gasteiger partial charge >= 0.3 is 5.97 Å². The maximum Gasteiger partial charge on any atom is 0.331 e. The molecular formula is C56H82O18. The van der Waals surface area contributed by atoms with Crippen molar-refractivity contribution in [2.45, 2.75) is 241 Å². The third kappa shape index (κ3) is 10.4. The van der Waals surface area contributed by atoms with Crippen molar-refractivity contribution in [3.63, 3.8) is 0 Å². The van der Waals surface area contributed by atoms with Crippen LogP contribution in [-0.4, -0.2) is 173 Å². The zero-order chi connectivity index (χ0) is 53.1. The molecule has 5 N–H and O–H groups in total. The molecule has 18 heteroatoms. The lowest BCUT2D eigenvalue weighted by molar-refractivity contribution is -0.345. The summed E-state index contributed by atoms with van der Waals surface area (Å²) in [6, 6.07) is 9.42. The minimum atomic E-state index is -1.70. The molecule has 0 spiro atoms. The molecule has 1 aromatic carbocycles. The normalized spacial score (nSPS) is 48.5. The van der Waals surface area contributed by atoms with Crippen LogP contribution in [0.2, 0.25) is 0 Å². The number of ketones is 1. The number of methoxy groups -OCH3 is 2. The highest BCUT2D eigenvalue weighted by atomic mass is 16.8. The van der Waals surface area contributed by atoms with Crippen LogP contribution in [0.4, 0.5) is 0 Å². The summed E-state index contributed by atoms with van der Waals surface area (Å²) >= 11 is 0. The van der Waals surface area contributed by atoms with Crippen molar-refractivity contribution in [1.29, 1.82) is 0 Å². The Bertz CT molecular complexity index is 2150. The number of ether oxygens (including phenoxy) is 11. The van der Waals surface area contributed by atoms with Crippen molar-refractivity contribution < 1.29 is 87.2 Å². The topological polar surface area (TPSA) is 237 Å². The monoisotopic (exact) mass is 1040 g/mol. The first-order valence-electron chi connectivity index (χ1n) is 27.0. The first-order chi connectivity index (χ1) is 35.1. The Hall–Kier alpha value is -2.76. The van der Waals surface area contributed by atoms with E-state index in [-0.39, 0.29) is 50.4 Å². The van der Waals surface area contributed by atoms with Crippen molar-refractivity contribution in [3.8, 4) is 0 Å². The Morgan fingerprint density at radius 1 is 0.689 bits per heavy atom. The van der Waals surface area contributed by atoms with Crippen LogP contribution in [0.3, 0.4) is 0 Å². The SMILES string of the molecule is COC1CC(OC2C(O)CC(OC3C(C)OC(OC4C(O)CC(OC5CCC6(C)C(=CCC7(O)C6CC(OC(=O)C=Cc6ccccc6)C6(C)C(C(C)=O)CCC76O)C5)OC4C)CC3OC)OC2C)OC(C)C1O. The summed E-state index contributed by atoms with van der Waals surface area (Å²) in [5, 5.41) is 59.0. The molecule has 4 saturated heterocycles. The highest BCUT2D eigenvalue weighted by Gasteiger charge is 2.77. The van der Waals surface area contributed by atoms with E-state index < -0.39 is 144 Å². The lowest BCUT2D eigenvalue weighted by Crippen LogP contribution is -2.75. The number of aliphatic hydroxyl groups excluding tert-OH is 3. The Labute approximate surface area is 435 Å². The van der Waals surface area contributed by atoms with E-state index in [2.05, 4.69) is 6.92 Å². The van der Waals surface area contributed by atoms with Crippen molar-refractivity contribution in [1.82, 2.24) is 0 Å². The molecule has 0 radical (unpaired) electrons. The summed E-state index contributed by atoms with van der Waals surface area (Å²) in [6.45, 7) is 12.7. The van der Waals surface area contributed by atoms with Crippen LogP contribution < -0.4 is 0 Å². The highest BCUT2D eigenvalue weighted by molar-refractivity contribution is 5.87. The third-order valence-electron chi connectivity index (χ3n) is 18.8. The molecule has 0 bridgehead atoms. The van der Waals surface area contributed by atoms with Gasteiger partial charge in [0.05, 0.1) is 54.9 Å². The van der Waals surface area contributed by atoms with Crippen molar-refractivity contribution in [3.05, 3.63) is 53.6 Å². The number of aliphatic hydroxyl groups is 5.